The summed E-state index contributed by atoms with van der Waals surface area (Å²) in [5, 5.41) is 9.94. The average Bonchev–Trinajstić information content (AvgIpc) is 2.55. The summed E-state index contributed by atoms with van der Waals surface area (Å²) in [5.41, 5.74) is -0.0477. The molecule has 5 nitrogen and oxygen atoms in total. The minimum Gasteiger partial charge on any atom is -0.389 e. The first-order chi connectivity index (χ1) is 11.4. The van der Waals surface area contributed by atoms with Gasteiger partial charge in [0.25, 0.3) is 0 Å². The number of aliphatic hydroxyl groups is 1. The normalized spacial score (nSPS) is 12.9. The Kier molecular flexibility index (Phi) is 6.10. The van der Waals surface area contributed by atoms with Gasteiger partial charge in [0.2, 0.25) is 5.95 Å². The van der Waals surface area contributed by atoms with Crippen LogP contribution in [0.1, 0.15) is 11.3 Å². The number of alkyl halides is 3. The van der Waals surface area contributed by atoms with E-state index in [0.717, 1.165) is 17.8 Å². The number of aromatic nitrogens is 2. The highest BCUT2D eigenvalue weighted by Gasteiger charge is 2.33. The van der Waals surface area contributed by atoms with Gasteiger partial charge in [0.1, 0.15) is 5.69 Å². The van der Waals surface area contributed by atoms with Gasteiger partial charge in [0.05, 0.1) is 19.3 Å². The van der Waals surface area contributed by atoms with Crippen LogP contribution in [0.4, 0.5) is 19.1 Å². The van der Waals surface area contributed by atoms with Crippen LogP contribution in [0.15, 0.2) is 42.6 Å². The smallest absolute Gasteiger partial charge is 0.389 e. The molecule has 130 valence electrons. The second-order valence-electron chi connectivity index (χ2n) is 5.27. The van der Waals surface area contributed by atoms with Gasteiger partial charge in [-0.25, -0.2) is 9.97 Å². The van der Waals surface area contributed by atoms with Gasteiger partial charge in [-0.15, -0.1) is 0 Å². The van der Waals surface area contributed by atoms with Crippen molar-refractivity contribution in [3.63, 3.8) is 0 Å². The molecule has 1 atom stereocenters. The van der Waals surface area contributed by atoms with Crippen LogP contribution in [-0.2, 0) is 17.5 Å². The number of rotatable bonds is 7. The van der Waals surface area contributed by atoms with Crippen LogP contribution in [-0.4, -0.2) is 41.4 Å². The van der Waals surface area contributed by atoms with E-state index in [1.165, 1.54) is 11.9 Å². The maximum absolute atomic E-state index is 12.6. The molecule has 1 N–H and O–H groups in total. The first kappa shape index (κ1) is 18.2. The van der Waals surface area contributed by atoms with Crippen molar-refractivity contribution >= 4 is 5.95 Å². The van der Waals surface area contributed by atoms with E-state index in [0.29, 0.717) is 6.61 Å². The Labute approximate surface area is 137 Å². The second kappa shape index (κ2) is 8.07. The van der Waals surface area contributed by atoms with Crippen molar-refractivity contribution < 1.29 is 23.0 Å². The summed E-state index contributed by atoms with van der Waals surface area (Å²) in [6.07, 6.45) is -4.37. The summed E-state index contributed by atoms with van der Waals surface area (Å²) in [7, 11) is 1.51. The number of halogens is 3. The number of anilines is 1. The third-order valence-corrected chi connectivity index (χ3v) is 3.18. The SMILES string of the molecule is CN(C[C@@H](O)COCc1ccccc1)c1nccc(C(F)(F)F)n1. The lowest BCUT2D eigenvalue weighted by Crippen LogP contribution is -2.33. The van der Waals surface area contributed by atoms with Crippen LogP contribution in [0, 0.1) is 0 Å². The number of benzene rings is 1. The number of nitrogens with zero attached hydrogens (tertiary/aromatic N) is 3. The molecule has 0 bridgehead atoms. The number of likely N-dealkylation sites (N-methyl/N-ethyl adjacent to an activating group) is 1. The summed E-state index contributed by atoms with van der Waals surface area (Å²) < 4.78 is 43.3. The molecule has 2 rings (SSSR count). The van der Waals surface area contributed by atoms with Crippen molar-refractivity contribution in [2.75, 3.05) is 25.1 Å². The van der Waals surface area contributed by atoms with Crippen LogP contribution in [0.3, 0.4) is 0 Å². The van der Waals surface area contributed by atoms with Gasteiger partial charge >= 0.3 is 6.18 Å². The lowest BCUT2D eigenvalue weighted by atomic mass is 10.2. The number of hydrogen-bond acceptors (Lipinski definition) is 5. The Morgan fingerprint density at radius 1 is 1.21 bits per heavy atom. The molecule has 0 unspecified atom stereocenters. The van der Waals surface area contributed by atoms with Crippen molar-refractivity contribution in [3.05, 3.63) is 53.9 Å². The van der Waals surface area contributed by atoms with Crippen molar-refractivity contribution in [3.8, 4) is 0 Å². The molecule has 0 aliphatic carbocycles. The summed E-state index contributed by atoms with van der Waals surface area (Å²) in [5.74, 6) is -0.105. The van der Waals surface area contributed by atoms with E-state index in [4.69, 9.17) is 4.74 Å². The van der Waals surface area contributed by atoms with E-state index < -0.39 is 18.0 Å². The molecule has 0 aliphatic heterocycles. The Hall–Kier alpha value is -2.19. The molecule has 1 heterocycles. The third kappa shape index (κ3) is 5.47. The molecular weight excluding hydrogens is 323 g/mol. The Bertz CT molecular complexity index is 638. The maximum Gasteiger partial charge on any atom is 0.433 e. The number of hydrogen-bond donors (Lipinski definition) is 1. The average molecular weight is 341 g/mol. The molecule has 0 saturated carbocycles. The molecule has 24 heavy (non-hydrogen) atoms. The van der Waals surface area contributed by atoms with Crippen LogP contribution in [0.5, 0.6) is 0 Å². The standard InChI is InChI=1S/C16H18F3N3O2/c1-22(15-20-8-7-14(21-15)16(17,18)19)9-13(23)11-24-10-12-5-3-2-4-6-12/h2-8,13,23H,9-11H2,1H3/t13-/m1/s1. The van der Waals surface area contributed by atoms with E-state index in [1.807, 2.05) is 30.3 Å². The number of aliphatic hydroxyl groups excluding tert-OH is 1. The highest BCUT2D eigenvalue weighted by atomic mass is 19.4. The molecule has 8 heteroatoms. The minimum atomic E-state index is -4.53. The summed E-state index contributed by atoms with van der Waals surface area (Å²) in [6.45, 7) is 0.454. The van der Waals surface area contributed by atoms with Gasteiger partial charge in [-0.1, -0.05) is 30.3 Å². The van der Waals surface area contributed by atoms with E-state index in [1.54, 1.807) is 0 Å². The Morgan fingerprint density at radius 2 is 1.92 bits per heavy atom. The van der Waals surface area contributed by atoms with Gasteiger partial charge in [-0.3, -0.25) is 0 Å². The summed E-state index contributed by atoms with van der Waals surface area (Å²) in [6, 6.07) is 10.3. The highest BCUT2D eigenvalue weighted by Crippen LogP contribution is 2.27. The lowest BCUT2D eigenvalue weighted by molar-refractivity contribution is -0.141. The molecule has 0 saturated heterocycles. The zero-order chi connectivity index (χ0) is 17.6. The lowest BCUT2D eigenvalue weighted by Gasteiger charge is -2.21. The fourth-order valence-electron chi connectivity index (χ4n) is 2.03. The van der Waals surface area contributed by atoms with Gasteiger partial charge in [0.15, 0.2) is 0 Å². The molecule has 1 aromatic heterocycles. The molecule has 2 aromatic rings. The van der Waals surface area contributed by atoms with Gasteiger partial charge in [-0.05, 0) is 11.6 Å². The van der Waals surface area contributed by atoms with E-state index in [9.17, 15) is 18.3 Å². The predicted molar refractivity (Wildman–Crippen MR) is 82.4 cm³/mol. The van der Waals surface area contributed by atoms with Crippen molar-refractivity contribution in [2.45, 2.75) is 18.9 Å². The molecule has 0 radical (unpaired) electrons. The number of ether oxygens (including phenoxy) is 1. The molecule has 0 aliphatic rings. The van der Waals surface area contributed by atoms with Gasteiger partial charge in [0, 0.05) is 19.8 Å². The quantitative estimate of drug-likeness (QED) is 0.839. The second-order valence-corrected chi connectivity index (χ2v) is 5.27. The maximum atomic E-state index is 12.6. The molecule has 0 spiro atoms. The van der Waals surface area contributed by atoms with Crippen LogP contribution >= 0.6 is 0 Å². The van der Waals surface area contributed by atoms with Crippen LogP contribution in [0.2, 0.25) is 0 Å². The van der Waals surface area contributed by atoms with E-state index in [2.05, 4.69) is 9.97 Å². The zero-order valence-electron chi connectivity index (χ0n) is 13.1. The van der Waals surface area contributed by atoms with Gasteiger partial charge < -0.3 is 14.7 Å². The van der Waals surface area contributed by atoms with Crippen molar-refractivity contribution in [1.82, 2.24) is 9.97 Å². The molecule has 0 fully saturated rings. The van der Waals surface area contributed by atoms with E-state index in [-0.39, 0.29) is 19.1 Å². The predicted octanol–water partition coefficient (Wildman–Crippen LogP) is 2.51. The Morgan fingerprint density at radius 3 is 2.58 bits per heavy atom. The largest absolute Gasteiger partial charge is 0.433 e. The van der Waals surface area contributed by atoms with Crippen LogP contribution < -0.4 is 4.90 Å². The minimum absolute atomic E-state index is 0.0517. The van der Waals surface area contributed by atoms with E-state index >= 15 is 0 Å². The highest BCUT2D eigenvalue weighted by molar-refractivity contribution is 5.29. The molecule has 1 aromatic carbocycles. The third-order valence-electron chi connectivity index (χ3n) is 3.18. The van der Waals surface area contributed by atoms with Crippen LogP contribution in [0.25, 0.3) is 0 Å². The monoisotopic (exact) mass is 341 g/mol. The fraction of sp³-hybridized carbons (Fsp3) is 0.375. The molecular formula is C16H18F3N3O2. The summed E-state index contributed by atoms with van der Waals surface area (Å²) in [4.78, 5) is 8.61. The fourth-order valence-corrected chi connectivity index (χ4v) is 2.03. The zero-order valence-corrected chi connectivity index (χ0v) is 13.1. The van der Waals surface area contributed by atoms with Crippen molar-refractivity contribution in [2.24, 2.45) is 0 Å². The topological polar surface area (TPSA) is 58.5 Å². The first-order valence-electron chi connectivity index (χ1n) is 7.27. The first-order valence-corrected chi connectivity index (χ1v) is 7.27. The summed E-state index contributed by atoms with van der Waals surface area (Å²) >= 11 is 0. The van der Waals surface area contributed by atoms with Gasteiger partial charge in [-0.2, -0.15) is 13.2 Å². The molecule has 0 amide bonds. The van der Waals surface area contributed by atoms with Crippen molar-refractivity contribution in [1.29, 1.82) is 0 Å². The Balaban J connectivity index is 1.84.